The smallest absolute Gasteiger partial charge is 0.126 e. The Balaban J connectivity index is 2.05. The van der Waals surface area contributed by atoms with Crippen molar-refractivity contribution in [2.24, 2.45) is 5.73 Å². The molecule has 1 unspecified atom stereocenters. The minimum atomic E-state index is -0.211. The van der Waals surface area contributed by atoms with E-state index >= 15 is 0 Å². The van der Waals surface area contributed by atoms with Crippen LogP contribution in [0, 0.1) is 5.82 Å². The Morgan fingerprint density at radius 2 is 2.00 bits per heavy atom. The molecule has 1 aliphatic rings. The van der Waals surface area contributed by atoms with Gasteiger partial charge in [-0.25, -0.2) is 4.39 Å². The van der Waals surface area contributed by atoms with Gasteiger partial charge in [-0.15, -0.1) is 0 Å². The van der Waals surface area contributed by atoms with Crippen LogP contribution in [-0.2, 0) is 6.42 Å². The van der Waals surface area contributed by atoms with Crippen molar-refractivity contribution in [3.63, 3.8) is 0 Å². The molecule has 1 aromatic carbocycles. The zero-order chi connectivity index (χ0) is 13.0. The number of hydrogen-bond acceptors (Lipinski definition) is 2. The molecule has 3 heteroatoms. The summed E-state index contributed by atoms with van der Waals surface area (Å²) in [6.07, 6.45) is 5.66. The fourth-order valence-corrected chi connectivity index (χ4v) is 2.81. The molecule has 0 saturated heterocycles. The fourth-order valence-electron chi connectivity index (χ4n) is 2.81. The highest BCUT2D eigenvalue weighted by atomic mass is 19.1. The molecule has 0 amide bonds. The van der Waals surface area contributed by atoms with Gasteiger partial charge in [-0.1, -0.05) is 31.0 Å². The van der Waals surface area contributed by atoms with Crippen LogP contribution < -0.4 is 11.1 Å². The van der Waals surface area contributed by atoms with Crippen molar-refractivity contribution < 1.29 is 4.39 Å². The van der Waals surface area contributed by atoms with Gasteiger partial charge in [-0.3, -0.25) is 0 Å². The van der Waals surface area contributed by atoms with E-state index in [1.165, 1.54) is 31.7 Å². The Morgan fingerprint density at radius 3 is 2.61 bits per heavy atom. The first-order valence-electron chi connectivity index (χ1n) is 6.84. The van der Waals surface area contributed by atoms with Crippen LogP contribution in [0.5, 0.6) is 0 Å². The zero-order valence-electron chi connectivity index (χ0n) is 11.1. The lowest BCUT2D eigenvalue weighted by Crippen LogP contribution is -2.54. The van der Waals surface area contributed by atoms with Crippen molar-refractivity contribution in [1.29, 1.82) is 0 Å². The molecule has 0 radical (unpaired) electrons. The number of benzene rings is 1. The van der Waals surface area contributed by atoms with Gasteiger partial charge in [0.2, 0.25) is 0 Å². The lowest BCUT2D eigenvalue weighted by atomic mass is 9.91. The minimum Gasteiger partial charge on any atom is -0.329 e. The van der Waals surface area contributed by atoms with Gasteiger partial charge >= 0.3 is 0 Å². The molecule has 100 valence electrons. The van der Waals surface area contributed by atoms with Gasteiger partial charge in [0.25, 0.3) is 0 Å². The van der Waals surface area contributed by atoms with E-state index in [-0.39, 0.29) is 11.4 Å². The number of halogens is 1. The van der Waals surface area contributed by atoms with Gasteiger partial charge in [0.05, 0.1) is 0 Å². The van der Waals surface area contributed by atoms with Crippen LogP contribution in [0.2, 0.25) is 0 Å². The molecule has 3 N–H and O–H groups in total. The lowest BCUT2D eigenvalue weighted by molar-refractivity contribution is 0.310. The van der Waals surface area contributed by atoms with E-state index in [0.29, 0.717) is 19.0 Å². The molecule has 0 aromatic heterocycles. The van der Waals surface area contributed by atoms with E-state index in [2.05, 4.69) is 12.2 Å². The summed E-state index contributed by atoms with van der Waals surface area (Å²) < 4.78 is 13.7. The van der Waals surface area contributed by atoms with E-state index in [9.17, 15) is 4.39 Å². The van der Waals surface area contributed by atoms with Crippen molar-refractivity contribution >= 4 is 0 Å². The van der Waals surface area contributed by atoms with Crippen molar-refractivity contribution in [3.05, 3.63) is 35.6 Å². The highest BCUT2D eigenvalue weighted by Crippen LogP contribution is 2.22. The van der Waals surface area contributed by atoms with Crippen molar-refractivity contribution in [2.45, 2.75) is 50.6 Å². The second-order valence-electron chi connectivity index (χ2n) is 5.66. The molecule has 2 rings (SSSR count). The van der Waals surface area contributed by atoms with Crippen LogP contribution in [0.1, 0.15) is 38.2 Å². The van der Waals surface area contributed by atoms with E-state index < -0.39 is 0 Å². The molecule has 1 atom stereocenters. The van der Waals surface area contributed by atoms with Gasteiger partial charge in [-0.05, 0) is 37.8 Å². The summed E-state index contributed by atoms with van der Waals surface area (Å²) >= 11 is 0. The average Bonchev–Trinajstić information content (AvgIpc) is 2.85. The summed E-state index contributed by atoms with van der Waals surface area (Å²) in [5, 5.41) is 3.63. The Bertz CT molecular complexity index is 388. The topological polar surface area (TPSA) is 38.0 Å². The van der Waals surface area contributed by atoms with Gasteiger partial charge in [0, 0.05) is 18.1 Å². The van der Waals surface area contributed by atoms with E-state index in [4.69, 9.17) is 5.73 Å². The quantitative estimate of drug-likeness (QED) is 0.843. The molecule has 2 nitrogen and oxygen atoms in total. The SMILES string of the molecule is CC(CN)(Cc1ccccc1F)NC1CCCC1. The second kappa shape index (κ2) is 5.81. The largest absolute Gasteiger partial charge is 0.329 e. The summed E-state index contributed by atoms with van der Waals surface area (Å²) in [5.74, 6) is -0.134. The highest BCUT2D eigenvalue weighted by molar-refractivity contribution is 5.20. The maximum absolute atomic E-state index is 13.7. The molecule has 0 spiro atoms. The van der Waals surface area contributed by atoms with Crippen LogP contribution in [0.15, 0.2) is 24.3 Å². The normalized spacial score (nSPS) is 19.9. The predicted molar refractivity (Wildman–Crippen MR) is 73.0 cm³/mol. The number of nitrogens with two attached hydrogens (primary N) is 1. The molecule has 0 heterocycles. The average molecular weight is 250 g/mol. The minimum absolute atomic E-state index is 0.134. The summed E-state index contributed by atoms with van der Waals surface area (Å²) in [4.78, 5) is 0. The molecular weight excluding hydrogens is 227 g/mol. The van der Waals surface area contributed by atoms with Gasteiger partial charge in [0.15, 0.2) is 0 Å². The van der Waals surface area contributed by atoms with Crippen LogP contribution in [0.4, 0.5) is 4.39 Å². The van der Waals surface area contributed by atoms with E-state index in [1.54, 1.807) is 6.07 Å². The Kier molecular flexibility index (Phi) is 4.36. The Hall–Kier alpha value is -0.930. The maximum Gasteiger partial charge on any atom is 0.126 e. The molecule has 1 aromatic rings. The maximum atomic E-state index is 13.7. The summed E-state index contributed by atoms with van der Waals surface area (Å²) in [7, 11) is 0. The van der Waals surface area contributed by atoms with Crippen molar-refractivity contribution in [2.75, 3.05) is 6.54 Å². The van der Waals surface area contributed by atoms with Gasteiger partial charge in [-0.2, -0.15) is 0 Å². The third kappa shape index (κ3) is 3.30. The predicted octanol–water partition coefficient (Wildman–Crippen LogP) is 2.62. The summed E-state index contributed by atoms with van der Waals surface area (Å²) in [5.41, 5.74) is 6.43. The third-order valence-electron chi connectivity index (χ3n) is 3.90. The highest BCUT2D eigenvalue weighted by Gasteiger charge is 2.28. The van der Waals surface area contributed by atoms with Crippen molar-refractivity contribution in [3.8, 4) is 0 Å². The first kappa shape index (κ1) is 13.5. The fraction of sp³-hybridized carbons (Fsp3) is 0.600. The van der Waals surface area contributed by atoms with E-state index in [1.807, 2.05) is 12.1 Å². The van der Waals surface area contributed by atoms with Gasteiger partial charge < -0.3 is 11.1 Å². The standard InChI is InChI=1S/C15H23FN2/c1-15(11-17,18-13-7-3-4-8-13)10-12-6-2-5-9-14(12)16/h2,5-6,9,13,18H,3-4,7-8,10-11,17H2,1H3. The number of rotatable bonds is 5. The molecule has 1 aliphatic carbocycles. The van der Waals surface area contributed by atoms with Gasteiger partial charge in [0.1, 0.15) is 5.82 Å². The second-order valence-corrected chi connectivity index (χ2v) is 5.66. The Labute approximate surface area is 109 Å². The molecule has 1 fully saturated rings. The first-order valence-corrected chi connectivity index (χ1v) is 6.84. The molecule has 0 bridgehead atoms. The summed E-state index contributed by atoms with van der Waals surface area (Å²) in [6, 6.07) is 7.51. The zero-order valence-corrected chi connectivity index (χ0v) is 11.1. The third-order valence-corrected chi connectivity index (χ3v) is 3.90. The van der Waals surface area contributed by atoms with Crippen LogP contribution in [-0.4, -0.2) is 18.1 Å². The molecular formula is C15H23FN2. The van der Waals surface area contributed by atoms with Crippen LogP contribution in [0.3, 0.4) is 0 Å². The van der Waals surface area contributed by atoms with Crippen LogP contribution in [0.25, 0.3) is 0 Å². The lowest BCUT2D eigenvalue weighted by Gasteiger charge is -2.33. The molecule has 18 heavy (non-hydrogen) atoms. The number of hydrogen-bond donors (Lipinski definition) is 2. The van der Waals surface area contributed by atoms with E-state index in [0.717, 1.165) is 5.56 Å². The Morgan fingerprint density at radius 1 is 1.33 bits per heavy atom. The number of nitrogens with one attached hydrogen (secondary N) is 1. The van der Waals surface area contributed by atoms with Crippen LogP contribution >= 0.6 is 0 Å². The van der Waals surface area contributed by atoms with Crippen molar-refractivity contribution in [1.82, 2.24) is 5.32 Å². The molecule has 0 aliphatic heterocycles. The summed E-state index contributed by atoms with van der Waals surface area (Å²) in [6.45, 7) is 2.62. The first-order chi connectivity index (χ1) is 8.63. The molecule has 1 saturated carbocycles. The monoisotopic (exact) mass is 250 g/mol.